The molecule has 0 bridgehead atoms. The third-order valence-electron chi connectivity index (χ3n) is 3.35. The molecule has 0 heterocycles. The van der Waals surface area contributed by atoms with Crippen LogP contribution in [0.5, 0.6) is 0 Å². The highest BCUT2D eigenvalue weighted by Crippen LogP contribution is 2.42. The molecular weight excluding hydrogens is 277 g/mol. The van der Waals surface area contributed by atoms with Gasteiger partial charge in [0.15, 0.2) is 11.6 Å². The number of nitrogens with two attached hydrogens (primary N) is 1. The van der Waals surface area contributed by atoms with Gasteiger partial charge in [-0.15, -0.1) is 0 Å². The van der Waals surface area contributed by atoms with Gasteiger partial charge in [-0.05, 0) is 12.8 Å². The summed E-state index contributed by atoms with van der Waals surface area (Å²) in [6, 6.07) is 1.11. The fraction of sp³-hybridized carbons (Fsp3) is 0.333. The highest BCUT2D eigenvalue weighted by Gasteiger charge is 2.47. The van der Waals surface area contributed by atoms with E-state index in [-0.39, 0.29) is 4.99 Å². The van der Waals surface area contributed by atoms with E-state index in [0.717, 1.165) is 6.42 Å². The van der Waals surface area contributed by atoms with Crippen LogP contribution in [-0.2, 0) is 4.79 Å². The van der Waals surface area contributed by atoms with Crippen LogP contribution in [0.2, 0.25) is 0 Å². The maximum atomic E-state index is 13.4. The van der Waals surface area contributed by atoms with Crippen molar-refractivity contribution >= 4 is 28.8 Å². The van der Waals surface area contributed by atoms with Crippen molar-refractivity contribution in [3.05, 3.63) is 29.6 Å². The summed E-state index contributed by atoms with van der Waals surface area (Å²) >= 11 is 4.83. The largest absolute Gasteiger partial charge is 0.392 e. The highest BCUT2D eigenvalue weighted by molar-refractivity contribution is 7.80. The second kappa shape index (κ2) is 4.80. The van der Waals surface area contributed by atoms with Gasteiger partial charge in [0.2, 0.25) is 5.91 Å². The number of rotatable bonds is 3. The summed E-state index contributed by atoms with van der Waals surface area (Å²) < 4.78 is 39.5. The normalized spacial score (nSPS) is 16.6. The molecular formula is C12H11F3N2OS. The summed E-state index contributed by atoms with van der Waals surface area (Å²) in [5.74, 6) is -4.29. The Balaban J connectivity index is 2.27. The molecule has 7 heteroatoms. The molecule has 1 fully saturated rings. The second-order valence-corrected chi connectivity index (χ2v) is 4.94. The van der Waals surface area contributed by atoms with Crippen LogP contribution in [0.4, 0.5) is 18.9 Å². The number of carbonyl (C=O) groups excluding carboxylic acids is 1. The summed E-state index contributed by atoms with van der Waals surface area (Å²) in [4.78, 5) is 12.1. The van der Waals surface area contributed by atoms with Crippen molar-refractivity contribution in [1.82, 2.24) is 0 Å². The minimum absolute atomic E-state index is 0.00790. The molecule has 0 radical (unpaired) electrons. The summed E-state index contributed by atoms with van der Waals surface area (Å²) in [6.07, 6.45) is 1.67. The zero-order valence-electron chi connectivity index (χ0n) is 9.80. The molecule has 1 aliphatic carbocycles. The van der Waals surface area contributed by atoms with Gasteiger partial charge in [-0.25, -0.2) is 13.2 Å². The number of benzene rings is 1. The van der Waals surface area contributed by atoms with Gasteiger partial charge in [-0.3, -0.25) is 4.79 Å². The monoisotopic (exact) mass is 288 g/mol. The molecule has 1 saturated carbocycles. The number of hydrogen-bond acceptors (Lipinski definition) is 2. The lowest BCUT2D eigenvalue weighted by Crippen LogP contribution is -2.50. The lowest BCUT2D eigenvalue weighted by atomic mass is 9.68. The predicted molar refractivity (Wildman–Crippen MR) is 68.0 cm³/mol. The summed E-state index contributed by atoms with van der Waals surface area (Å²) in [5.41, 5.74) is 3.93. The highest BCUT2D eigenvalue weighted by atomic mass is 32.1. The maximum absolute atomic E-state index is 13.4. The second-order valence-electron chi connectivity index (χ2n) is 4.50. The Morgan fingerprint density at radius 2 is 1.95 bits per heavy atom. The molecule has 3 N–H and O–H groups in total. The SMILES string of the molecule is NC(=S)C1(C(=O)Nc2cc(F)cc(F)c2F)CCC1. The smallest absolute Gasteiger partial charge is 0.237 e. The summed E-state index contributed by atoms with van der Waals surface area (Å²) in [6.45, 7) is 0. The molecule has 1 aliphatic rings. The number of thiocarbonyl (C=S) groups is 1. The van der Waals surface area contributed by atoms with Gasteiger partial charge in [0.1, 0.15) is 5.82 Å². The Kier molecular flexibility index (Phi) is 3.49. The lowest BCUT2D eigenvalue weighted by Gasteiger charge is -2.39. The minimum atomic E-state index is -1.37. The molecule has 102 valence electrons. The van der Waals surface area contributed by atoms with E-state index in [1.54, 1.807) is 0 Å². The van der Waals surface area contributed by atoms with Gasteiger partial charge in [-0.1, -0.05) is 18.6 Å². The van der Waals surface area contributed by atoms with Gasteiger partial charge in [-0.2, -0.15) is 0 Å². The van der Waals surface area contributed by atoms with Crippen LogP contribution >= 0.6 is 12.2 Å². The first-order valence-corrected chi connectivity index (χ1v) is 6.03. The van der Waals surface area contributed by atoms with Crippen molar-refractivity contribution in [2.45, 2.75) is 19.3 Å². The maximum Gasteiger partial charge on any atom is 0.237 e. The first kappa shape index (κ1) is 13.8. The number of hydrogen-bond donors (Lipinski definition) is 2. The van der Waals surface area contributed by atoms with Crippen LogP contribution in [0.15, 0.2) is 12.1 Å². The third-order valence-corrected chi connectivity index (χ3v) is 3.75. The van der Waals surface area contributed by atoms with E-state index in [1.807, 2.05) is 0 Å². The summed E-state index contributed by atoms with van der Waals surface area (Å²) in [5, 5.41) is 2.15. The van der Waals surface area contributed by atoms with Gasteiger partial charge in [0, 0.05) is 12.1 Å². The quantitative estimate of drug-likeness (QED) is 0.663. The van der Waals surface area contributed by atoms with Gasteiger partial charge >= 0.3 is 0 Å². The first-order valence-electron chi connectivity index (χ1n) is 5.63. The first-order chi connectivity index (χ1) is 8.86. The van der Waals surface area contributed by atoms with E-state index in [9.17, 15) is 18.0 Å². The van der Waals surface area contributed by atoms with Crippen LogP contribution < -0.4 is 11.1 Å². The molecule has 0 saturated heterocycles. The molecule has 3 nitrogen and oxygen atoms in total. The van der Waals surface area contributed by atoms with Crippen molar-refractivity contribution in [2.24, 2.45) is 11.1 Å². The Hall–Kier alpha value is -1.63. The fourth-order valence-corrected chi connectivity index (χ4v) is 2.30. The molecule has 2 rings (SSSR count). The summed E-state index contributed by atoms with van der Waals surface area (Å²) in [7, 11) is 0. The Labute approximate surface area is 113 Å². The average Bonchev–Trinajstić information content (AvgIpc) is 2.22. The van der Waals surface area contributed by atoms with Crippen LogP contribution in [-0.4, -0.2) is 10.9 Å². The fourth-order valence-electron chi connectivity index (χ4n) is 2.00. The number of carbonyl (C=O) groups is 1. The standard InChI is InChI=1S/C12H11F3N2OS/c13-6-4-7(14)9(15)8(5-6)17-11(18)12(10(16)19)2-1-3-12/h4-5H,1-3H2,(H2,16,19)(H,17,18). The Morgan fingerprint density at radius 1 is 1.32 bits per heavy atom. The minimum Gasteiger partial charge on any atom is -0.392 e. The van der Waals surface area contributed by atoms with E-state index < -0.39 is 34.5 Å². The van der Waals surface area contributed by atoms with Crippen LogP contribution in [0, 0.1) is 22.9 Å². The topological polar surface area (TPSA) is 55.1 Å². The average molecular weight is 288 g/mol. The molecule has 1 amide bonds. The van der Waals surface area contributed by atoms with E-state index >= 15 is 0 Å². The number of anilines is 1. The molecule has 0 unspecified atom stereocenters. The zero-order valence-corrected chi connectivity index (χ0v) is 10.6. The van der Waals surface area contributed by atoms with Crippen LogP contribution in [0.25, 0.3) is 0 Å². The van der Waals surface area contributed by atoms with Crippen molar-refractivity contribution in [2.75, 3.05) is 5.32 Å². The Bertz CT molecular complexity index is 558. The van der Waals surface area contributed by atoms with Crippen molar-refractivity contribution in [1.29, 1.82) is 0 Å². The van der Waals surface area contributed by atoms with Crippen LogP contribution in [0.3, 0.4) is 0 Å². The number of nitrogens with one attached hydrogen (secondary N) is 1. The molecule has 19 heavy (non-hydrogen) atoms. The van der Waals surface area contributed by atoms with Crippen molar-refractivity contribution in [3.63, 3.8) is 0 Å². The number of amides is 1. The third kappa shape index (κ3) is 2.30. The van der Waals surface area contributed by atoms with Crippen molar-refractivity contribution in [3.8, 4) is 0 Å². The van der Waals surface area contributed by atoms with E-state index in [1.165, 1.54) is 0 Å². The lowest BCUT2D eigenvalue weighted by molar-refractivity contribution is -0.125. The molecule has 1 aromatic carbocycles. The number of halogens is 3. The van der Waals surface area contributed by atoms with Crippen molar-refractivity contribution < 1.29 is 18.0 Å². The van der Waals surface area contributed by atoms with E-state index in [2.05, 4.69) is 5.32 Å². The van der Waals surface area contributed by atoms with E-state index in [0.29, 0.717) is 25.0 Å². The Morgan fingerprint density at radius 3 is 2.42 bits per heavy atom. The van der Waals surface area contributed by atoms with E-state index in [4.69, 9.17) is 18.0 Å². The zero-order chi connectivity index (χ0) is 14.2. The van der Waals surface area contributed by atoms with Gasteiger partial charge in [0.25, 0.3) is 0 Å². The molecule has 0 atom stereocenters. The molecule has 1 aromatic rings. The predicted octanol–water partition coefficient (Wildman–Crippen LogP) is 2.50. The molecule has 0 aromatic heterocycles. The van der Waals surface area contributed by atoms with Crippen LogP contribution in [0.1, 0.15) is 19.3 Å². The molecule has 0 aliphatic heterocycles. The molecule has 0 spiro atoms. The van der Waals surface area contributed by atoms with Gasteiger partial charge in [0.05, 0.1) is 16.1 Å². The van der Waals surface area contributed by atoms with Gasteiger partial charge < -0.3 is 11.1 Å².